The number of hydrogen-bond acceptors (Lipinski definition) is 4. The van der Waals surface area contributed by atoms with Gasteiger partial charge in [-0.1, -0.05) is 24.3 Å². The molecule has 0 amide bonds. The normalized spacial score (nSPS) is 15.8. The summed E-state index contributed by atoms with van der Waals surface area (Å²) in [5.41, 5.74) is 3.36. The standard InChI is InChI=1S/C15H18FNO.C3H8O.CH2O/c1-11-9-14(7-8-15(11)17-2)18-10-12-3-5-13(16)6-4-12;1-3-4-2;1-2/h3-6,8-9,14,17H,7,10H2,1-2H3;3H2,1-2H3;1H2. The lowest BCUT2D eigenvalue weighted by Gasteiger charge is -2.20. The van der Waals surface area contributed by atoms with Gasteiger partial charge in [0.2, 0.25) is 0 Å². The molecular formula is C19H28FNO3. The molecule has 0 saturated heterocycles. The Labute approximate surface area is 144 Å². The second-order valence-electron chi connectivity index (χ2n) is 5.01. The van der Waals surface area contributed by atoms with Crippen LogP contribution in [0.15, 0.2) is 47.7 Å². The maximum atomic E-state index is 12.7. The predicted molar refractivity (Wildman–Crippen MR) is 95.2 cm³/mol. The Kier molecular flexibility index (Phi) is 12.3. The molecule has 1 aliphatic carbocycles. The van der Waals surface area contributed by atoms with Crippen LogP contribution in [0.25, 0.3) is 0 Å². The number of rotatable bonds is 5. The highest BCUT2D eigenvalue weighted by Gasteiger charge is 2.12. The Balaban J connectivity index is 0.000000773. The smallest absolute Gasteiger partial charge is 0.123 e. The first-order chi connectivity index (χ1) is 11.6. The fourth-order valence-electron chi connectivity index (χ4n) is 2.03. The first-order valence-electron chi connectivity index (χ1n) is 7.81. The fraction of sp³-hybridized carbons (Fsp3) is 0.421. The number of likely N-dealkylation sites (N-methyl/N-ethyl adjacent to an activating group) is 1. The third kappa shape index (κ3) is 8.60. The Hall–Kier alpha value is -1.98. The van der Waals surface area contributed by atoms with Crippen LogP contribution < -0.4 is 5.32 Å². The zero-order chi connectivity index (χ0) is 18.4. The zero-order valence-electron chi connectivity index (χ0n) is 15.0. The van der Waals surface area contributed by atoms with Crippen molar-refractivity contribution in [3.05, 3.63) is 59.1 Å². The second kappa shape index (κ2) is 13.5. The van der Waals surface area contributed by atoms with Crippen LogP contribution in [0.3, 0.4) is 0 Å². The number of carbonyl (C=O) groups excluding carboxylic acids is 1. The van der Waals surface area contributed by atoms with Gasteiger partial charge in [0.05, 0.1) is 12.7 Å². The summed E-state index contributed by atoms with van der Waals surface area (Å²) in [4.78, 5) is 8.00. The summed E-state index contributed by atoms with van der Waals surface area (Å²) in [6.45, 7) is 7.35. The van der Waals surface area contributed by atoms with Crippen molar-refractivity contribution in [1.29, 1.82) is 0 Å². The van der Waals surface area contributed by atoms with Gasteiger partial charge in [-0.3, -0.25) is 0 Å². The van der Waals surface area contributed by atoms with Crippen molar-refractivity contribution < 1.29 is 18.7 Å². The summed E-state index contributed by atoms with van der Waals surface area (Å²) < 4.78 is 23.1. The molecule has 0 heterocycles. The maximum Gasteiger partial charge on any atom is 0.123 e. The molecule has 0 spiro atoms. The highest BCUT2D eigenvalue weighted by atomic mass is 19.1. The molecule has 0 aromatic heterocycles. The van der Waals surface area contributed by atoms with Gasteiger partial charge in [-0.25, -0.2) is 4.39 Å². The van der Waals surface area contributed by atoms with E-state index in [0.717, 1.165) is 24.3 Å². The second-order valence-corrected chi connectivity index (χ2v) is 5.01. The SMILES string of the molecule is C=O.CCOC.CNC1=CCC(OCc2ccc(F)cc2)C=C1C. The average Bonchev–Trinajstić information content (AvgIpc) is 2.63. The van der Waals surface area contributed by atoms with Crippen molar-refractivity contribution >= 4 is 6.79 Å². The molecule has 24 heavy (non-hydrogen) atoms. The van der Waals surface area contributed by atoms with E-state index in [9.17, 15) is 4.39 Å². The van der Waals surface area contributed by atoms with Crippen LogP contribution in [0, 0.1) is 5.82 Å². The largest absolute Gasteiger partial charge is 0.388 e. The summed E-state index contributed by atoms with van der Waals surface area (Å²) in [6.07, 6.45) is 5.24. The highest BCUT2D eigenvalue weighted by molar-refractivity contribution is 5.32. The van der Waals surface area contributed by atoms with E-state index in [-0.39, 0.29) is 11.9 Å². The molecule has 0 saturated carbocycles. The number of ether oxygens (including phenoxy) is 2. The molecule has 1 unspecified atom stereocenters. The Bertz CT molecular complexity index is 510. The molecule has 1 aliphatic rings. The molecule has 1 aromatic rings. The van der Waals surface area contributed by atoms with Crippen LogP contribution in [0.5, 0.6) is 0 Å². The Morgan fingerprint density at radius 2 is 1.88 bits per heavy atom. The summed E-state index contributed by atoms with van der Waals surface area (Å²) in [6, 6.07) is 6.42. The predicted octanol–water partition coefficient (Wildman–Crippen LogP) is 3.63. The summed E-state index contributed by atoms with van der Waals surface area (Å²) >= 11 is 0. The molecule has 0 fully saturated rings. The molecule has 0 aliphatic heterocycles. The minimum Gasteiger partial charge on any atom is -0.388 e. The minimum absolute atomic E-state index is 0.104. The van der Waals surface area contributed by atoms with Crippen LogP contribution in [0.4, 0.5) is 4.39 Å². The molecule has 0 radical (unpaired) electrons. The van der Waals surface area contributed by atoms with Gasteiger partial charge in [-0.05, 0) is 43.5 Å². The van der Waals surface area contributed by atoms with Gasteiger partial charge in [0.15, 0.2) is 0 Å². The third-order valence-corrected chi connectivity index (χ3v) is 3.35. The van der Waals surface area contributed by atoms with E-state index in [1.165, 1.54) is 17.7 Å². The average molecular weight is 337 g/mol. The number of methoxy groups -OCH3 is 1. The maximum absolute atomic E-state index is 12.7. The van der Waals surface area contributed by atoms with Crippen LogP contribution >= 0.6 is 0 Å². The van der Waals surface area contributed by atoms with E-state index in [0.29, 0.717) is 6.61 Å². The van der Waals surface area contributed by atoms with Crippen LogP contribution in [0.2, 0.25) is 0 Å². The van der Waals surface area contributed by atoms with Crippen LogP contribution in [-0.4, -0.2) is 33.7 Å². The number of halogens is 1. The molecule has 2 rings (SSSR count). The number of benzene rings is 1. The van der Waals surface area contributed by atoms with E-state index >= 15 is 0 Å². The lowest BCUT2D eigenvalue weighted by Crippen LogP contribution is -2.18. The van der Waals surface area contributed by atoms with Gasteiger partial charge in [0.1, 0.15) is 12.6 Å². The molecule has 1 N–H and O–H groups in total. The summed E-state index contributed by atoms with van der Waals surface area (Å²) in [7, 11) is 3.60. The van der Waals surface area contributed by atoms with Gasteiger partial charge in [-0.15, -0.1) is 0 Å². The first kappa shape index (κ1) is 22.0. The quantitative estimate of drug-likeness (QED) is 0.891. The first-order valence-corrected chi connectivity index (χ1v) is 7.81. The van der Waals surface area contributed by atoms with E-state index in [1.54, 1.807) is 19.2 Å². The molecular weight excluding hydrogens is 309 g/mol. The summed E-state index contributed by atoms with van der Waals surface area (Å²) in [5, 5.41) is 3.15. The number of carbonyl (C=O) groups is 1. The van der Waals surface area contributed by atoms with Crippen molar-refractivity contribution in [2.24, 2.45) is 0 Å². The van der Waals surface area contributed by atoms with Gasteiger partial charge in [-0.2, -0.15) is 0 Å². The topological polar surface area (TPSA) is 47.6 Å². The Morgan fingerprint density at radius 1 is 1.29 bits per heavy atom. The van der Waals surface area contributed by atoms with Crippen LogP contribution in [-0.2, 0) is 20.9 Å². The van der Waals surface area contributed by atoms with Gasteiger partial charge >= 0.3 is 0 Å². The van der Waals surface area contributed by atoms with E-state index in [2.05, 4.69) is 29.1 Å². The van der Waals surface area contributed by atoms with Crippen molar-refractivity contribution in [2.45, 2.75) is 33.0 Å². The van der Waals surface area contributed by atoms with E-state index in [1.807, 2.05) is 20.8 Å². The van der Waals surface area contributed by atoms with Crippen LogP contribution in [0.1, 0.15) is 25.8 Å². The monoisotopic (exact) mass is 337 g/mol. The molecule has 4 nitrogen and oxygen atoms in total. The fourth-order valence-corrected chi connectivity index (χ4v) is 2.03. The molecule has 5 heteroatoms. The van der Waals surface area contributed by atoms with Crippen molar-refractivity contribution in [3.63, 3.8) is 0 Å². The van der Waals surface area contributed by atoms with Gasteiger partial charge in [0, 0.05) is 26.5 Å². The third-order valence-electron chi connectivity index (χ3n) is 3.35. The number of allylic oxidation sites excluding steroid dienone is 1. The van der Waals surface area contributed by atoms with Crippen molar-refractivity contribution in [1.82, 2.24) is 5.32 Å². The summed E-state index contributed by atoms with van der Waals surface area (Å²) in [5.74, 6) is -0.214. The number of nitrogens with one attached hydrogen (secondary N) is 1. The lowest BCUT2D eigenvalue weighted by molar-refractivity contribution is -0.0979. The number of hydrogen-bond donors (Lipinski definition) is 1. The van der Waals surface area contributed by atoms with Crippen molar-refractivity contribution in [3.8, 4) is 0 Å². The molecule has 134 valence electrons. The van der Waals surface area contributed by atoms with Gasteiger partial charge in [0.25, 0.3) is 0 Å². The zero-order valence-corrected chi connectivity index (χ0v) is 15.0. The van der Waals surface area contributed by atoms with Gasteiger partial charge < -0.3 is 19.6 Å². The van der Waals surface area contributed by atoms with E-state index < -0.39 is 0 Å². The van der Waals surface area contributed by atoms with Crippen molar-refractivity contribution in [2.75, 3.05) is 20.8 Å². The highest BCUT2D eigenvalue weighted by Crippen LogP contribution is 2.19. The Morgan fingerprint density at radius 3 is 2.33 bits per heavy atom. The molecule has 1 aromatic carbocycles. The molecule has 0 bridgehead atoms. The lowest BCUT2D eigenvalue weighted by atomic mass is 10.0. The van der Waals surface area contributed by atoms with E-state index in [4.69, 9.17) is 9.53 Å². The minimum atomic E-state index is -0.214. The molecule has 1 atom stereocenters.